The van der Waals surface area contributed by atoms with E-state index >= 15 is 0 Å². The first-order chi connectivity index (χ1) is 9.35. The summed E-state index contributed by atoms with van der Waals surface area (Å²) in [7, 11) is 0. The second-order valence-corrected chi connectivity index (χ2v) is 6.13. The summed E-state index contributed by atoms with van der Waals surface area (Å²) >= 11 is 0. The minimum absolute atomic E-state index is 0.0302. The highest BCUT2D eigenvalue weighted by atomic mass is 16.6. The predicted molar refractivity (Wildman–Crippen MR) is 74.4 cm³/mol. The summed E-state index contributed by atoms with van der Waals surface area (Å²) in [6.45, 7) is 8.80. The average Bonchev–Trinajstić information content (AvgIpc) is 2.97. The Bertz CT molecular complexity index is 435. The Hall–Kier alpha value is -1.49. The molecule has 5 heteroatoms. The fourth-order valence-corrected chi connectivity index (χ4v) is 2.21. The molecule has 1 saturated heterocycles. The fourth-order valence-electron chi connectivity index (χ4n) is 2.21. The molecule has 0 spiro atoms. The summed E-state index contributed by atoms with van der Waals surface area (Å²) in [6.07, 6.45) is 2.12. The van der Waals surface area contributed by atoms with Crippen LogP contribution < -0.4 is 0 Å². The van der Waals surface area contributed by atoms with Gasteiger partial charge in [-0.15, -0.1) is 0 Å². The molecule has 5 nitrogen and oxygen atoms in total. The van der Waals surface area contributed by atoms with Crippen LogP contribution in [0.1, 0.15) is 46.0 Å². The van der Waals surface area contributed by atoms with E-state index in [1.807, 2.05) is 39.8 Å². The summed E-state index contributed by atoms with van der Waals surface area (Å²) in [5.74, 6) is 0.806. The topological polar surface area (TPSA) is 51.9 Å². The van der Waals surface area contributed by atoms with Crippen molar-refractivity contribution in [1.29, 1.82) is 0 Å². The van der Waals surface area contributed by atoms with Gasteiger partial charge in [-0.1, -0.05) is 0 Å². The molecule has 2 rings (SSSR count). The highest BCUT2D eigenvalue weighted by Gasteiger charge is 2.31. The van der Waals surface area contributed by atoms with Gasteiger partial charge in [0.15, 0.2) is 0 Å². The van der Waals surface area contributed by atoms with E-state index in [4.69, 9.17) is 13.9 Å². The van der Waals surface area contributed by atoms with Gasteiger partial charge >= 0.3 is 6.09 Å². The van der Waals surface area contributed by atoms with Crippen molar-refractivity contribution in [3.05, 3.63) is 24.2 Å². The Morgan fingerprint density at radius 3 is 2.85 bits per heavy atom. The Labute approximate surface area is 119 Å². The molecule has 1 aliphatic rings. The van der Waals surface area contributed by atoms with E-state index in [0.29, 0.717) is 13.1 Å². The summed E-state index contributed by atoms with van der Waals surface area (Å²) in [6, 6.07) is 3.74. The van der Waals surface area contributed by atoms with Crippen LogP contribution in [0.3, 0.4) is 0 Å². The lowest BCUT2D eigenvalue weighted by Crippen LogP contribution is -2.36. The van der Waals surface area contributed by atoms with Gasteiger partial charge in [-0.25, -0.2) is 4.79 Å². The van der Waals surface area contributed by atoms with Crippen molar-refractivity contribution in [2.45, 2.75) is 51.9 Å². The number of carbonyl (C=O) groups is 1. The van der Waals surface area contributed by atoms with Crippen molar-refractivity contribution in [3.8, 4) is 0 Å². The van der Waals surface area contributed by atoms with Crippen molar-refractivity contribution in [3.63, 3.8) is 0 Å². The molecule has 0 aliphatic carbocycles. The monoisotopic (exact) mass is 281 g/mol. The van der Waals surface area contributed by atoms with Crippen LogP contribution in [-0.4, -0.2) is 35.8 Å². The van der Waals surface area contributed by atoms with Crippen LogP contribution in [-0.2, 0) is 9.47 Å². The van der Waals surface area contributed by atoms with Gasteiger partial charge in [-0.2, -0.15) is 0 Å². The molecule has 1 amide bonds. The highest BCUT2D eigenvalue weighted by molar-refractivity contribution is 5.68. The van der Waals surface area contributed by atoms with Gasteiger partial charge in [0.2, 0.25) is 0 Å². The molecule has 2 atom stereocenters. The zero-order valence-electron chi connectivity index (χ0n) is 12.6. The Morgan fingerprint density at radius 1 is 1.50 bits per heavy atom. The van der Waals surface area contributed by atoms with Gasteiger partial charge in [-0.3, -0.25) is 0 Å². The maximum atomic E-state index is 12.0. The smallest absolute Gasteiger partial charge is 0.410 e. The molecule has 0 saturated carbocycles. The van der Waals surface area contributed by atoms with E-state index in [-0.39, 0.29) is 18.3 Å². The van der Waals surface area contributed by atoms with Crippen LogP contribution in [0.2, 0.25) is 0 Å². The van der Waals surface area contributed by atoms with Crippen LogP contribution in [0.25, 0.3) is 0 Å². The number of nitrogens with zero attached hydrogens (tertiary/aromatic N) is 1. The lowest BCUT2D eigenvalue weighted by Gasteiger charge is -2.24. The molecular weight excluding hydrogens is 258 g/mol. The molecule has 20 heavy (non-hydrogen) atoms. The molecule has 0 N–H and O–H groups in total. The minimum atomic E-state index is -0.461. The van der Waals surface area contributed by atoms with Crippen LogP contribution >= 0.6 is 0 Å². The number of likely N-dealkylation sites (tertiary alicyclic amines) is 1. The zero-order chi connectivity index (χ0) is 14.8. The van der Waals surface area contributed by atoms with E-state index in [9.17, 15) is 4.79 Å². The number of amides is 1. The molecule has 0 unspecified atom stereocenters. The van der Waals surface area contributed by atoms with Crippen molar-refractivity contribution in [2.24, 2.45) is 0 Å². The second-order valence-electron chi connectivity index (χ2n) is 6.13. The fraction of sp³-hybridized carbons (Fsp3) is 0.667. The van der Waals surface area contributed by atoms with Crippen LogP contribution in [0.15, 0.2) is 22.8 Å². The molecule has 0 radical (unpaired) electrons. The number of ether oxygens (including phenoxy) is 2. The molecule has 112 valence electrons. The van der Waals surface area contributed by atoms with Gasteiger partial charge in [0, 0.05) is 6.54 Å². The summed E-state index contributed by atoms with van der Waals surface area (Å²) < 4.78 is 16.6. The quantitative estimate of drug-likeness (QED) is 0.852. The average molecular weight is 281 g/mol. The van der Waals surface area contributed by atoms with E-state index in [1.54, 1.807) is 11.2 Å². The lowest BCUT2D eigenvalue weighted by atomic mass is 10.2. The van der Waals surface area contributed by atoms with Gasteiger partial charge in [-0.05, 0) is 46.2 Å². The number of hydrogen-bond acceptors (Lipinski definition) is 4. The molecule has 1 aromatic heterocycles. The standard InChI is InChI=1S/C15H23NO4/c1-11(13-6-5-9-18-13)19-12-7-8-16(10-12)14(17)20-15(2,3)4/h5-6,9,11-12H,7-8,10H2,1-4H3/t11-,12-/m0/s1. The van der Waals surface area contributed by atoms with Gasteiger partial charge in [0.1, 0.15) is 17.5 Å². The molecule has 0 bridgehead atoms. The van der Waals surface area contributed by atoms with Gasteiger partial charge in [0.25, 0.3) is 0 Å². The molecular formula is C15H23NO4. The maximum Gasteiger partial charge on any atom is 0.410 e. The van der Waals surface area contributed by atoms with Crippen LogP contribution in [0.4, 0.5) is 4.79 Å². The van der Waals surface area contributed by atoms with E-state index in [1.165, 1.54) is 0 Å². The number of rotatable bonds is 3. The SMILES string of the molecule is C[C@H](O[C@H]1CCN(C(=O)OC(C)(C)C)C1)c1ccco1. The minimum Gasteiger partial charge on any atom is -0.467 e. The Kier molecular flexibility index (Phi) is 4.38. The van der Waals surface area contributed by atoms with E-state index in [0.717, 1.165) is 12.2 Å². The van der Waals surface area contributed by atoms with Crippen molar-refractivity contribution >= 4 is 6.09 Å². The van der Waals surface area contributed by atoms with Gasteiger partial charge in [0.05, 0.1) is 18.9 Å². The molecule has 1 aromatic rings. The first-order valence-electron chi connectivity index (χ1n) is 7.02. The van der Waals surface area contributed by atoms with Crippen molar-refractivity contribution in [1.82, 2.24) is 4.90 Å². The summed E-state index contributed by atoms with van der Waals surface area (Å²) in [4.78, 5) is 13.6. The lowest BCUT2D eigenvalue weighted by molar-refractivity contribution is -0.0125. The summed E-state index contributed by atoms with van der Waals surface area (Å²) in [5, 5.41) is 0. The van der Waals surface area contributed by atoms with Crippen molar-refractivity contribution < 1.29 is 18.7 Å². The third-order valence-corrected chi connectivity index (χ3v) is 3.14. The molecule has 1 aliphatic heterocycles. The zero-order valence-corrected chi connectivity index (χ0v) is 12.6. The van der Waals surface area contributed by atoms with Crippen LogP contribution in [0, 0.1) is 0 Å². The Balaban J connectivity index is 1.82. The highest BCUT2D eigenvalue weighted by Crippen LogP contribution is 2.24. The van der Waals surface area contributed by atoms with Crippen molar-refractivity contribution in [2.75, 3.05) is 13.1 Å². The second kappa shape index (κ2) is 5.87. The normalized spacial score (nSPS) is 21.0. The predicted octanol–water partition coefficient (Wildman–Crippen LogP) is 3.37. The molecule has 2 heterocycles. The number of carbonyl (C=O) groups excluding carboxylic acids is 1. The third-order valence-electron chi connectivity index (χ3n) is 3.14. The molecule has 1 fully saturated rings. The van der Waals surface area contributed by atoms with E-state index in [2.05, 4.69) is 0 Å². The van der Waals surface area contributed by atoms with E-state index < -0.39 is 5.60 Å². The summed E-state index contributed by atoms with van der Waals surface area (Å²) in [5.41, 5.74) is -0.461. The molecule has 0 aromatic carbocycles. The van der Waals surface area contributed by atoms with Crippen LogP contribution in [0.5, 0.6) is 0 Å². The van der Waals surface area contributed by atoms with Gasteiger partial charge < -0.3 is 18.8 Å². The third kappa shape index (κ3) is 4.00. The Morgan fingerprint density at radius 2 is 2.25 bits per heavy atom. The maximum absolute atomic E-state index is 12.0. The first kappa shape index (κ1) is 14.9. The number of furan rings is 1. The number of hydrogen-bond donors (Lipinski definition) is 0. The first-order valence-corrected chi connectivity index (χ1v) is 7.02. The largest absolute Gasteiger partial charge is 0.467 e.